The van der Waals surface area contributed by atoms with Crippen LogP contribution in [0.2, 0.25) is 0 Å². The van der Waals surface area contributed by atoms with Crippen LogP contribution in [-0.2, 0) is 9.59 Å². The molecule has 0 aliphatic heterocycles. The molecule has 0 aliphatic carbocycles. The highest BCUT2D eigenvalue weighted by Crippen LogP contribution is 1.97. The van der Waals surface area contributed by atoms with Gasteiger partial charge in [0, 0.05) is 6.42 Å². The van der Waals surface area contributed by atoms with Gasteiger partial charge in [0.25, 0.3) is 0 Å². The summed E-state index contributed by atoms with van der Waals surface area (Å²) in [7, 11) is 0. The number of nitrogens with two attached hydrogens (primary N) is 1. The molecule has 0 bridgehead atoms. The third-order valence-corrected chi connectivity index (χ3v) is 1.63. The number of hydrogen-bond acceptors (Lipinski definition) is 3. The normalized spacial score (nSPS) is 10.9. The Kier molecular flexibility index (Phi) is 6.12. The van der Waals surface area contributed by atoms with Crippen molar-refractivity contribution >= 4 is 17.9 Å². The van der Waals surface area contributed by atoms with Gasteiger partial charge in [-0.05, 0) is 6.42 Å². The summed E-state index contributed by atoms with van der Waals surface area (Å²) < 4.78 is 0. The van der Waals surface area contributed by atoms with E-state index in [1.165, 1.54) is 0 Å². The van der Waals surface area contributed by atoms with E-state index >= 15 is 0 Å². The molecule has 5 N–H and O–H groups in total. The zero-order valence-electron chi connectivity index (χ0n) is 8.53. The van der Waals surface area contributed by atoms with Crippen LogP contribution in [0.15, 0.2) is 0 Å². The lowest BCUT2D eigenvalue weighted by Crippen LogP contribution is -2.46. The van der Waals surface area contributed by atoms with Crippen LogP contribution in [0.1, 0.15) is 12.8 Å². The fourth-order valence-electron chi connectivity index (χ4n) is 0.885. The molecular formula is C9H13N3O4. The summed E-state index contributed by atoms with van der Waals surface area (Å²) in [6.45, 7) is -0.00596. The Morgan fingerprint density at radius 1 is 1.44 bits per heavy atom. The van der Waals surface area contributed by atoms with E-state index in [2.05, 4.69) is 16.6 Å². The molecular weight excluding hydrogens is 214 g/mol. The lowest BCUT2D eigenvalue weighted by molar-refractivity contribution is -0.139. The van der Waals surface area contributed by atoms with Gasteiger partial charge in [-0.25, -0.2) is 9.59 Å². The maximum Gasteiger partial charge on any atom is 0.326 e. The molecule has 0 radical (unpaired) electrons. The monoisotopic (exact) mass is 227 g/mol. The molecule has 0 aromatic carbocycles. The van der Waals surface area contributed by atoms with Gasteiger partial charge >= 0.3 is 12.0 Å². The van der Waals surface area contributed by atoms with Gasteiger partial charge in [-0.1, -0.05) is 5.92 Å². The highest BCUT2D eigenvalue weighted by molar-refractivity contribution is 5.83. The van der Waals surface area contributed by atoms with Crippen LogP contribution in [-0.4, -0.2) is 35.6 Å². The first-order valence-electron chi connectivity index (χ1n) is 4.46. The van der Waals surface area contributed by atoms with Gasteiger partial charge in [0.1, 0.15) is 6.04 Å². The molecule has 0 fully saturated rings. The lowest BCUT2D eigenvalue weighted by atomic mass is 10.1. The van der Waals surface area contributed by atoms with Gasteiger partial charge in [0.05, 0.1) is 6.54 Å². The molecule has 0 aromatic rings. The fourth-order valence-corrected chi connectivity index (χ4v) is 0.885. The number of aliphatic carboxylic acids is 1. The Hall–Kier alpha value is -2.23. The molecule has 88 valence electrons. The Labute approximate surface area is 92.4 Å². The van der Waals surface area contributed by atoms with Crippen LogP contribution < -0.4 is 16.4 Å². The van der Waals surface area contributed by atoms with Crippen LogP contribution in [0.4, 0.5) is 4.79 Å². The van der Waals surface area contributed by atoms with Crippen LogP contribution in [0.3, 0.4) is 0 Å². The SMILES string of the molecule is C#CCNC(=O)N[C@@H](CCC(N)=O)C(=O)O. The zero-order valence-corrected chi connectivity index (χ0v) is 8.53. The van der Waals surface area contributed by atoms with Crippen LogP contribution in [0.25, 0.3) is 0 Å². The van der Waals surface area contributed by atoms with Gasteiger partial charge in [0.15, 0.2) is 0 Å². The van der Waals surface area contributed by atoms with E-state index in [9.17, 15) is 14.4 Å². The number of nitrogens with one attached hydrogen (secondary N) is 2. The van der Waals surface area contributed by atoms with Gasteiger partial charge < -0.3 is 21.5 Å². The number of carbonyl (C=O) groups is 3. The van der Waals surface area contributed by atoms with E-state index in [0.29, 0.717) is 0 Å². The van der Waals surface area contributed by atoms with Crippen molar-refractivity contribution in [3.05, 3.63) is 0 Å². The Balaban J connectivity index is 4.13. The maximum atomic E-state index is 11.1. The van der Waals surface area contributed by atoms with Crippen molar-refractivity contribution in [1.29, 1.82) is 0 Å². The average molecular weight is 227 g/mol. The second kappa shape index (κ2) is 7.11. The first-order chi connectivity index (χ1) is 7.47. The molecule has 0 aliphatic rings. The van der Waals surface area contributed by atoms with Crippen molar-refractivity contribution in [2.75, 3.05) is 6.54 Å². The van der Waals surface area contributed by atoms with E-state index in [1.807, 2.05) is 0 Å². The van der Waals surface area contributed by atoms with E-state index in [1.54, 1.807) is 0 Å². The average Bonchev–Trinajstić information content (AvgIpc) is 2.20. The highest BCUT2D eigenvalue weighted by Gasteiger charge is 2.19. The molecule has 16 heavy (non-hydrogen) atoms. The second-order valence-corrected chi connectivity index (χ2v) is 2.93. The van der Waals surface area contributed by atoms with Gasteiger partial charge in [-0.15, -0.1) is 6.42 Å². The van der Waals surface area contributed by atoms with Crippen molar-refractivity contribution in [2.45, 2.75) is 18.9 Å². The summed E-state index contributed by atoms with van der Waals surface area (Å²) in [6, 6.07) is -1.86. The van der Waals surface area contributed by atoms with E-state index in [-0.39, 0.29) is 19.4 Å². The highest BCUT2D eigenvalue weighted by atomic mass is 16.4. The van der Waals surface area contributed by atoms with Crippen LogP contribution >= 0.6 is 0 Å². The number of urea groups is 1. The van der Waals surface area contributed by atoms with Gasteiger partial charge in [0.2, 0.25) is 5.91 Å². The third kappa shape index (κ3) is 6.26. The minimum atomic E-state index is -1.24. The summed E-state index contributed by atoms with van der Waals surface area (Å²) in [6.07, 6.45) is 4.72. The minimum Gasteiger partial charge on any atom is -0.480 e. The lowest BCUT2D eigenvalue weighted by Gasteiger charge is -2.13. The summed E-state index contributed by atoms with van der Waals surface area (Å²) >= 11 is 0. The predicted molar refractivity (Wildman–Crippen MR) is 55.2 cm³/mol. The molecule has 0 saturated heterocycles. The quantitative estimate of drug-likeness (QED) is 0.418. The van der Waals surface area contributed by atoms with E-state index in [4.69, 9.17) is 17.3 Å². The number of primary amides is 1. The Bertz CT molecular complexity index is 321. The number of carboxylic acid groups (broad SMARTS) is 1. The fraction of sp³-hybridized carbons (Fsp3) is 0.444. The van der Waals surface area contributed by atoms with E-state index in [0.717, 1.165) is 0 Å². The first kappa shape index (κ1) is 13.8. The smallest absolute Gasteiger partial charge is 0.326 e. The number of hydrogen-bond donors (Lipinski definition) is 4. The number of carbonyl (C=O) groups excluding carboxylic acids is 2. The first-order valence-corrected chi connectivity index (χ1v) is 4.46. The van der Waals surface area contributed by atoms with Crippen molar-refractivity contribution in [3.63, 3.8) is 0 Å². The number of amides is 3. The standard InChI is InChI=1S/C9H13N3O4/c1-2-5-11-9(16)12-6(8(14)15)3-4-7(10)13/h1,6H,3-5H2,(H2,10,13)(H,14,15)(H2,11,12,16)/t6-/m0/s1. The summed E-state index contributed by atoms with van der Waals surface area (Å²) in [4.78, 5) is 32.2. The van der Waals surface area contributed by atoms with Crippen molar-refractivity contribution in [1.82, 2.24) is 10.6 Å². The van der Waals surface area contributed by atoms with Crippen molar-refractivity contribution in [3.8, 4) is 12.3 Å². The molecule has 3 amide bonds. The van der Waals surface area contributed by atoms with Gasteiger partial charge in [-0.2, -0.15) is 0 Å². The molecule has 0 spiro atoms. The number of rotatable bonds is 6. The third-order valence-electron chi connectivity index (χ3n) is 1.63. The molecule has 0 heterocycles. The molecule has 0 aromatic heterocycles. The molecule has 0 saturated carbocycles. The Morgan fingerprint density at radius 3 is 2.50 bits per heavy atom. The van der Waals surface area contributed by atoms with E-state index < -0.39 is 23.9 Å². The van der Waals surface area contributed by atoms with Crippen molar-refractivity contribution < 1.29 is 19.5 Å². The maximum absolute atomic E-state index is 11.1. The minimum absolute atomic E-state index is 0.00596. The van der Waals surface area contributed by atoms with Crippen LogP contribution in [0, 0.1) is 12.3 Å². The van der Waals surface area contributed by atoms with Gasteiger partial charge in [-0.3, -0.25) is 4.79 Å². The van der Waals surface area contributed by atoms with Crippen LogP contribution in [0.5, 0.6) is 0 Å². The summed E-state index contributed by atoms with van der Waals surface area (Å²) in [5, 5.41) is 13.1. The number of carboxylic acids is 1. The van der Waals surface area contributed by atoms with Crippen molar-refractivity contribution in [2.24, 2.45) is 5.73 Å². The predicted octanol–water partition coefficient (Wildman–Crippen LogP) is -1.36. The summed E-state index contributed by atoms with van der Waals surface area (Å²) in [5.74, 6) is 0.291. The second-order valence-electron chi connectivity index (χ2n) is 2.93. The molecule has 1 atom stereocenters. The molecule has 7 nitrogen and oxygen atoms in total. The largest absolute Gasteiger partial charge is 0.480 e. The number of terminal acetylenes is 1. The zero-order chi connectivity index (χ0) is 12.6. The molecule has 0 unspecified atom stereocenters. The Morgan fingerprint density at radius 2 is 2.06 bits per heavy atom. The molecule has 0 rings (SSSR count). The summed E-state index contributed by atoms with van der Waals surface area (Å²) in [5.41, 5.74) is 4.87. The molecule has 7 heteroatoms. The topological polar surface area (TPSA) is 122 Å².